The number of fused-ring (bicyclic) bond motifs is 8. The minimum absolute atomic E-state index is 0.00954. The smallest absolute Gasteiger partial charge is 0.297 e. The lowest BCUT2D eigenvalue weighted by molar-refractivity contribution is 0.403. The number of furan rings is 1. The summed E-state index contributed by atoms with van der Waals surface area (Å²) in [4.78, 5) is 5.17. The van der Waals surface area contributed by atoms with Gasteiger partial charge in [-0.2, -0.15) is 0 Å². The second-order valence-electron chi connectivity index (χ2n) is 23.5. The Morgan fingerprint density at radius 2 is 1.05 bits per heavy atom. The number of anilines is 6. The molecule has 0 spiro atoms. The van der Waals surface area contributed by atoms with Crippen LogP contribution in [-0.2, 0) is 32.5 Å². The molecule has 302 valence electrons. The molecule has 4 aliphatic rings. The van der Waals surface area contributed by atoms with Crippen LogP contribution in [0.15, 0.2) is 89.3 Å². The van der Waals surface area contributed by atoms with E-state index in [1.807, 2.05) is 0 Å². The first-order valence-corrected chi connectivity index (χ1v) is 22.1. The molecule has 0 saturated heterocycles. The van der Waals surface area contributed by atoms with Crippen LogP contribution in [0.25, 0.3) is 11.0 Å². The van der Waals surface area contributed by atoms with Gasteiger partial charge in [-0.05, 0) is 157 Å². The highest BCUT2D eigenvalue weighted by Crippen LogP contribution is 2.55. The van der Waals surface area contributed by atoms with E-state index in [0.29, 0.717) is 0 Å². The zero-order valence-electron chi connectivity index (χ0n) is 38.4. The highest BCUT2D eigenvalue weighted by Gasteiger charge is 2.50. The molecule has 0 saturated carbocycles. The molecule has 0 bridgehead atoms. The predicted octanol–water partition coefficient (Wildman–Crippen LogP) is 13.3. The van der Waals surface area contributed by atoms with Gasteiger partial charge in [-0.15, -0.1) is 0 Å². The summed E-state index contributed by atoms with van der Waals surface area (Å²) in [6, 6.07) is 33.7. The number of nitrogens with zero attached hydrogens (tertiary/aromatic N) is 2. The van der Waals surface area contributed by atoms with Gasteiger partial charge in [0.25, 0.3) is 6.71 Å². The number of benzene rings is 5. The fourth-order valence-electron chi connectivity index (χ4n) is 12.3. The second-order valence-corrected chi connectivity index (χ2v) is 23.5. The molecule has 0 atom stereocenters. The summed E-state index contributed by atoms with van der Waals surface area (Å²) in [5.74, 6) is 0. The molecule has 0 N–H and O–H groups in total. The van der Waals surface area contributed by atoms with E-state index in [0.717, 1.165) is 29.8 Å². The molecular formula is C55H63BN2O. The quantitative estimate of drug-likeness (QED) is 0.163. The van der Waals surface area contributed by atoms with E-state index < -0.39 is 0 Å². The fourth-order valence-corrected chi connectivity index (χ4v) is 12.3. The molecule has 0 unspecified atom stereocenters. The lowest BCUT2D eigenvalue weighted by atomic mass is 9.35. The van der Waals surface area contributed by atoms with Crippen LogP contribution in [0.4, 0.5) is 34.1 Å². The number of rotatable bonds is 2. The molecule has 3 heterocycles. The van der Waals surface area contributed by atoms with Gasteiger partial charge in [0.05, 0.1) is 11.3 Å². The van der Waals surface area contributed by atoms with Crippen molar-refractivity contribution in [3.05, 3.63) is 124 Å². The molecule has 6 aromatic rings. The van der Waals surface area contributed by atoms with Crippen molar-refractivity contribution >= 4 is 68.4 Å². The van der Waals surface area contributed by atoms with Gasteiger partial charge < -0.3 is 14.2 Å². The first-order valence-electron chi connectivity index (χ1n) is 22.1. The highest BCUT2D eigenvalue weighted by molar-refractivity contribution is 7.00. The van der Waals surface area contributed by atoms with E-state index in [4.69, 9.17) is 4.42 Å². The monoisotopic (exact) mass is 779 g/mol. The molecule has 0 amide bonds. The van der Waals surface area contributed by atoms with Gasteiger partial charge in [0.15, 0.2) is 0 Å². The Morgan fingerprint density at radius 3 is 1.66 bits per heavy atom. The average Bonchev–Trinajstić information content (AvgIpc) is 3.66. The maximum atomic E-state index is 7.33. The Hall–Kier alpha value is -4.70. The van der Waals surface area contributed by atoms with Crippen molar-refractivity contribution in [3.63, 3.8) is 0 Å². The van der Waals surface area contributed by atoms with E-state index in [2.05, 4.69) is 199 Å². The molecule has 59 heavy (non-hydrogen) atoms. The summed E-state index contributed by atoms with van der Waals surface area (Å²) >= 11 is 0. The van der Waals surface area contributed by atoms with Crippen LogP contribution >= 0.6 is 0 Å². The molecular weight excluding hydrogens is 715 g/mol. The molecule has 0 fully saturated rings. The maximum Gasteiger partial charge on any atom is 0.297 e. The van der Waals surface area contributed by atoms with Crippen molar-refractivity contribution < 1.29 is 4.42 Å². The lowest BCUT2D eigenvalue weighted by Gasteiger charge is -2.43. The predicted molar refractivity (Wildman–Crippen MR) is 254 cm³/mol. The highest BCUT2D eigenvalue weighted by atomic mass is 16.3. The minimum Gasteiger partial charge on any atom is -0.468 e. The minimum atomic E-state index is -0.0768. The molecule has 2 aliphatic carbocycles. The zero-order valence-corrected chi connectivity index (χ0v) is 38.4. The number of aryl methyl sites for hydroxylation is 1. The standard InChI is InChI=1S/C55H63BN2O/c1-32-24-44-47-45(25-32)58(35-19-16-33(17-20-35)50(2,3)4)48-37-26-34(51(5,6)7)18-23-46(37)59-49(48)56(47)42-28-40-41(55(14,15)31-54(40,12)13)29-43(42)57(44)36-21-22-38-39(27-36)53(10,11)30-52(38,8)9/h16-29H,30-31H2,1-15H3. The Labute approximate surface area is 354 Å². The summed E-state index contributed by atoms with van der Waals surface area (Å²) in [6.07, 6.45) is 2.26. The van der Waals surface area contributed by atoms with Crippen LogP contribution in [0.3, 0.4) is 0 Å². The van der Waals surface area contributed by atoms with Crippen LogP contribution in [0.5, 0.6) is 0 Å². The van der Waals surface area contributed by atoms with Crippen LogP contribution < -0.4 is 26.4 Å². The van der Waals surface area contributed by atoms with Gasteiger partial charge in [-0.1, -0.05) is 127 Å². The van der Waals surface area contributed by atoms with Gasteiger partial charge in [0.1, 0.15) is 5.58 Å². The molecule has 5 aromatic carbocycles. The van der Waals surface area contributed by atoms with Crippen molar-refractivity contribution in [2.24, 2.45) is 0 Å². The van der Waals surface area contributed by atoms with E-state index >= 15 is 0 Å². The third-order valence-corrected chi connectivity index (χ3v) is 14.7. The van der Waals surface area contributed by atoms with E-state index in [1.165, 1.54) is 83.7 Å². The molecule has 1 aromatic heterocycles. The van der Waals surface area contributed by atoms with Gasteiger partial charge in [0, 0.05) is 33.8 Å². The first kappa shape index (κ1) is 38.5. The number of hydrogen-bond donors (Lipinski definition) is 0. The summed E-state index contributed by atoms with van der Waals surface area (Å²) < 4.78 is 7.33. The van der Waals surface area contributed by atoms with Crippen LogP contribution in [0, 0.1) is 6.92 Å². The SMILES string of the molecule is Cc1cc2c3c(c1)N(c1ccc(C(C)(C)C)cc1)c1c(oc4ccc(C(C)(C)C)cc14)B3c1cc3c(cc1N2c1ccc2c(c1)C(C)(C)CC2(C)C)C(C)(C)CC3(C)C. The Balaban J connectivity index is 1.32. The fraction of sp³-hybridized carbons (Fsp3) is 0.418. The van der Waals surface area contributed by atoms with Crippen molar-refractivity contribution in [2.75, 3.05) is 9.80 Å². The largest absolute Gasteiger partial charge is 0.468 e. The summed E-state index contributed by atoms with van der Waals surface area (Å²) in [6.45, 7) is 35.5. The first-order chi connectivity index (χ1) is 27.4. The zero-order chi connectivity index (χ0) is 42.1. The van der Waals surface area contributed by atoms with E-state index in [-0.39, 0.29) is 39.2 Å². The second kappa shape index (κ2) is 11.8. The third-order valence-electron chi connectivity index (χ3n) is 14.7. The molecule has 4 heteroatoms. The Kier molecular flexibility index (Phi) is 7.68. The van der Waals surface area contributed by atoms with Gasteiger partial charge in [0.2, 0.25) is 0 Å². The third kappa shape index (κ3) is 5.53. The maximum absolute atomic E-state index is 7.33. The Bertz CT molecular complexity index is 2760. The van der Waals surface area contributed by atoms with E-state index in [1.54, 1.807) is 0 Å². The van der Waals surface area contributed by atoms with Crippen LogP contribution in [0.1, 0.15) is 149 Å². The topological polar surface area (TPSA) is 19.6 Å². The van der Waals surface area contributed by atoms with Crippen molar-refractivity contribution in [3.8, 4) is 0 Å². The van der Waals surface area contributed by atoms with Gasteiger partial charge in [-0.3, -0.25) is 0 Å². The summed E-state index contributed by atoms with van der Waals surface area (Å²) in [5, 5.41) is 1.18. The normalized spacial score (nSPS) is 19.1. The lowest BCUT2D eigenvalue weighted by Crippen LogP contribution is -2.61. The van der Waals surface area contributed by atoms with Gasteiger partial charge in [-0.25, -0.2) is 0 Å². The summed E-state index contributed by atoms with van der Waals surface area (Å²) in [5.41, 5.74) is 22.1. The average molecular weight is 779 g/mol. The van der Waals surface area contributed by atoms with Crippen molar-refractivity contribution in [2.45, 2.75) is 149 Å². The molecule has 3 nitrogen and oxygen atoms in total. The van der Waals surface area contributed by atoms with Crippen LogP contribution in [0.2, 0.25) is 0 Å². The van der Waals surface area contributed by atoms with Crippen molar-refractivity contribution in [1.82, 2.24) is 0 Å². The number of hydrogen-bond acceptors (Lipinski definition) is 3. The van der Waals surface area contributed by atoms with Gasteiger partial charge >= 0.3 is 0 Å². The molecule has 2 aliphatic heterocycles. The molecule has 0 radical (unpaired) electrons. The Morgan fingerprint density at radius 1 is 0.525 bits per heavy atom. The van der Waals surface area contributed by atoms with Crippen LogP contribution in [-0.4, -0.2) is 6.71 Å². The van der Waals surface area contributed by atoms with E-state index in [9.17, 15) is 0 Å². The van der Waals surface area contributed by atoms with Crippen molar-refractivity contribution in [1.29, 1.82) is 0 Å². The molecule has 10 rings (SSSR count). The summed E-state index contributed by atoms with van der Waals surface area (Å²) in [7, 11) is 0.